The van der Waals surface area contributed by atoms with E-state index in [4.69, 9.17) is 0 Å². The summed E-state index contributed by atoms with van der Waals surface area (Å²) in [6.45, 7) is 0.257. The Morgan fingerprint density at radius 2 is 1.83 bits per heavy atom. The Labute approximate surface area is 168 Å². The van der Waals surface area contributed by atoms with E-state index in [-0.39, 0.29) is 22.9 Å². The smallest absolute Gasteiger partial charge is 0.244 e. The average Bonchev–Trinajstić information content (AvgIpc) is 2.72. The number of nitrogens with one attached hydrogen (secondary N) is 1. The third kappa shape index (κ3) is 5.09. The highest BCUT2D eigenvalue weighted by Gasteiger charge is 2.21. The molecule has 0 unspecified atom stereocenters. The van der Waals surface area contributed by atoms with Gasteiger partial charge in [0.15, 0.2) is 11.5 Å². The van der Waals surface area contributed by atoms with Crippen molar-refractivity contribution in [1.29, 1.82) is 0 Å². The van der Waals surface area contributed by atoms with E-state index in [1.807, 2.05) is 30.3 Å². The fourth-order valence-electron chi connectivity index (χ4n) is 2.50. The number of hydrogen-bond acceptors (Lipinski definition) is 7. The number of hydrogen-bond donors (Lipinski definition) is 3. The van der Waals surface area contributed by atoms with Crippen LogP contribution in [0.4, 0.5) is 5.82 Å². The first-order valence-corrected chi connectivity index (χ1v) is 10.1. The fraction of sp³-hybridized carbons (Fsp3) is 0.100. The second-order valence-corrected chi connectivity index (χ2v) is 8.29. The van der Waals surface area contributed by atoms with Crippen molar-refractivity contribution in [3.05, 3.63) is 78.0 Å². The first kappa shape index (κ1) is 20.3. The van der Waals surface area contributed by atoms with E-state index in [9.17, 15) is 18.6 Å². The summed E-state index contributed by atoms with van der Waals surface area (Å²) in [6.07, 6.45) is 2.69. The molecule has 0 atom stereocenters. The molecule has 3 rings (SSSR count). The van der Waals surface area contributed by atoms with Crippen molar-refractivity contribution in [3.63, 3.8) is 0 Å². The number of hydrazone groups is 1. The Kier molecular flexibility index (Phi) is 6.10. The fourth-order valence-corrected chi connectivity index (χ4v) is 3.60. The van der Waals surface area contributed by atoms with E-state index in [2.05, 4.69) is 15.5 Å². The molecule has 29 heavy (non-hydrogen) atoms. The van der Waals surface area contributed by atoms with Gasteiger partial charge in [-0.05, 0) is 41.5 Å². The van der Waals surface area contributed by atoms with Crippen LogP contribution >= 0.6 is 0 Å². The number of rotatable bonds is 7. The Bertz CT molecular complexity index is 1100. The molecule has 2 aromatic carbocycles. The molecule has 0 amide bonds. The zero-order valence-corrected chi connectivity index (χ0v) is 16.4. The maximum absolute atomic E-state index is 12.7. The number of benzene rings is 2. The van der Waals surface area contributed by atoms with Crippen LogP contribution in [0.25, 0.3) is 0 Å². The molecule has 3 aromatic rings. The Morgan fingerprint density at radius 3 is 2.48 bits per heavy atom. The van der Waals surface area contributed by atoms with Crippen LogP contribution in [0.5, 0.6) is 11.5 Å². The van der Waals surface area contributed by atoms with Crippen LogP contribution in [0.15, 0.2) is 76.9 Å². The lowest BCUT2D eigenvalue weighted by Gasteiger charge is -2.17. The van der Waals surface area contributed by atoms with Gasteiger partial charge in [0.05, 0.1) is 6.21 Å². The van der Waals surface area contributed by atoms with E-state index < -0.39 is 10.0 Å². The minimum atomic E-state index is -3.67. The van der Waals surface area contributed by atoms with Crippen LogP contribution in [-0.4, -0.2) is 41.2 Å². The number of phenolic OH excluding ortho intramolecular Hbond substituents is 2. The average molecular weight is 412 g/mol. The molecule has 0 saturated heterocycles. The van der Waals surface area contributed by atoms with Crippen molar-refractivity contribution < 1.29 is 18.6 Å². The van der Waals surface area contributed by atoms with Gasteiger partial charge >= 0.3 is 0 Å². The molecule has 0 saturated carbocycles. The van der Waals surface area contributed by atoms with E-state index >= 15 is 0 Å². The van der Waals surface area contributed by atoms with Crippen molar-refractivity contribution in [1.82, 2.24) is 9.29 Å². The molecule has 150 valence electrons. The molecule has 0 fully saturated rings. The summed E-state index contributed by atoms with van der Waals surface area (Å²) in [5.41, 5.74) is 4.13. The summed E-state index contributed by atoms with van der Waals surface area (Å²) in [7, 11) is -2.15. The van der Waals surface area contributed by atoms with Crippen molar-refractivity contribution >= 4 is 22.1 Å². The lowest BCUT2D eigenvalue weighted by molar-refractivity contribution is 0.403. The lowest BCUT2D eigenvalue weighted by atomic mass is 10.2. The highest BCUT2D eigenvalue weighted by atomic mass is 32.2. The second kappa shape index (κ2) is 8.72. The number of anilines is 1. The molecule has 0 aliphatic carbocycles. The zero-order chi connectivity index (χ0) is 20.9. The largest absolute Gasteiger partial charge is 0.504 e. The normalized spacial score (nSPS) is 11.8. The number of pyridine rings is 1. The van der Waals surface area contributed by atoms with Gasteiger partial charge in [0.2, 0.25) is 10.0 Å². The molecule has 0 radical (unpaired) electrons. The van der Waals surface area contributed by atoms with Gasteiger partial charge in [-0.25, -0.2) is 13.4 Å². The van der Waals surface area contributed by atoms with Crippen LogP contribution in [0.1, 0.15) is 11.1 Å². The molecule has 1 aromatic heterocycles. The first-order valence-electron chi connectivity index (χ1n) is 8.63. The summed E-state index contributed by atoms with van der Waals surface area (Å²) < 4.78 is 26.7. The van der Waals surface area contributed by atoms with Crippen LogP contribution in [0, 0.1) is 0 Å². The highest BCUT2D eigenvalue weighted by Crippen LogP contribution is 2.24. The van der Waals surface area contributed by atoms with Crippen molar-refractivity contribution in [3.8, 4) is 11.5 Å². The summed E-state index contributed by atoms with van der Waals surface area (Å²) in [6, 6.07) is 16.6. The Balaban J connectivity index is 1.65. The molecular formula is C20H20N4O4S. The van der Waals surface area contributed by atoms with Gasteiger partial charge in [-0.1, -0.05) is 30.3 Å². The van der Waals surface area contributed by atoms with Crippen LogP contribution in [0.2, 0.25) is 0 Å². The van der Waals surface area contributed by atoms with Gasteiger partial charge in [0, 0.05) is 19.8 Å². The summed E-state index contributed by atoms with van der Waals surface area (Å²) in [5.74, 6) is -0.110. The van der Waals surface area contributed by atoms with Gasteiger partial charge in [-0.3, -0.25) is 5.43 Å². The number of nitrogens with zero attached hydrogens (tertiary/aromatic N) is 3. The van der Waals surface area contributed by atoms with Crippen molar-refractivity contribution in [2.24, 2.45) is 5.10 Å². The van der Waals surface area contributed by atoms with E-state index in [0.717, 1.165) is 5.56 Å². The van der Waals surface area contributed by atoms with Crippen LogP contribution in [-0.2, 0) is 16.6 Å². The van der Waals surface area contributed by atoms with Gasteiger partial charge < -0.3 is 10.2 Å². The van der Waals surface area contributed by atoms with Gasteiger partial charge in [-0.15, -0.1) is 0 Å². The third-order valence-electron chi connectivity index (χ3n) is 4.08. The van der Waals surface area contributed by atoms with Gasteiger partial charge in [0.1, 0.15) is 10.7 Å². The quantitative estimate of drug-likeness (QED) is 0.312. The zero-order valence-electron chi connectivity index (χ0n) is 15.6. The molecule has 1 heterocycles. The number of aromatic nitrogens is 1. The van der Waals surface area contributed by atoms with E-state index in [1.54, 1.807) is 6.07 Å². The Morgan fingerprint density at radius 1 is 1.07 bits per heavy atom. The predicted molar refractivity (Wildman–Crippen MR) is 110 cm³/mol. The molecule has 3 N–H and O–H groups in total. The minimum absolute atomic E-state index is 0.0777. The second-order valence-electron chi connectivity index (χ2n) is 6.24. The molecular weight excluding hydrogens is 392 g/mol. The van der Waals surface area contributed by atoms with E-state index in [1.165, 1.54) is 48.0 Å². The Hall–Kier alpha value is -3.43. The number of phenols is 2. The van der Waals surface area contributed by atoms with Crippen LogP contribution in [0.3, 0.4) is 0 Å². The lowest BCUT2D eigenvalue weighted by Crippen LogP contribution is -2.26. The third-order valence-corrected chi connectivity index (χ3v) is 5.87. The van der Waals surface area contributed by atoms with Crippen molar-refractivity contribution in [2.75, 3.05) is 12.5 Å². The highest BCUT2D eigenvalue weighted by molar-refractivity contribution is 7.89. The van der Waals surface area contributed by atoms with Crippen molar-refractivity contribution in [2.45, 2.75) is 11.4 Å². The molecule has 9 heteroatoms. The first-order chi connectivity index (χ1) is 13.9. The van der Waals surface area contributed by atoms with Gasteiger partial charge in [-0.2, -0.15) is 9.41 Å². The molecule has 0 aliphatic rings. The van der Waals surface area contributed by atoms with E-state index in [0.29, 0.717) is 11.4 Å². The molecule has 8 nitrogen and oxygen atoms in total. The number of aromatic hydroxyl groups is 2. The predicted octanol–water partition coefficient (Wildman–Crippen LogP) is 2.76. The molecule has 0 bridgehead atoms. The summed E-state index contributed by atoms with van der Waals surface area (Å²) in [4.78, 5) is 4.15. The minimum Gasteiger partial charge on any atom is -0.504 e. The summed E-state index contributed by atoms with van der Waals surface area (Å²) >= 11 is 0. The molecule has 0 aliphatic heterocycles. The maximum atomic E-state index is 12.7. The number of sulfonamides is 1. The monoisotopic (exact) mass is 412 g/mol. The maximum Gasteiger partial charge on any atom is 0.244 e. The topological polar surface area (TPSA) is 115 Å². The summed E-state index contributed by atoms with van der Waals surface area (Å²) in [5, 5.41) is 22.7. The standard InChI is InChI=1S/C20H20N4O4S/c1-24(14-15-5-3-2-4-6-15)29(27,28)17-8-10-20(21-13-17)23-22-12-16-7-9-18(25)19(26)11-16/h2-13,25-26H,14H2,1H3,(H,21,23)/b22-12+. The molecule has 0 spiro atoms. The SMILES string of the molecule is CN(Cc1ccccc1)S(=O)(=O)c1ccc(N/N=C/c2ccc(O)c(O)c2)nc1. The van der Waals surface area contributed by atoms with Crippen LogP contribution < -0.4 is 5.43 Å². The van der Waals surface area contributed by atoms with Gasteiger partial charge in [0.25, 0.3) is 0 Å².